The van der Waals surface area contributed by atoms with Gasteiger partial charge < -0.3 is 19.6 Å². The first-order valence-corrected chi connectivity index (χ1v) is 8.04. The van der Waals surface area contributed by atoms with Crippen LogP contribution >= 0.6 is 23.8 Å². The lowest BCUT2D eigenvalue weighted by Gasteiger charge is -2.16. The van der Waals surface area contributed by atoms with Crippen LogP contribution in [0.2, 0.25) is 0 Å². The van der Waals surface area contributed by atoms with Crippen LogP contribution in [0.5, 0.6) is 0 Å². The van der Waals surface area contributed by atoms with Gasteiger partial charge in [-0.25, -0.2) is 9.36 Å². The number of aliphatic hydroxyl groups is 1. The van der Waals surface area contributed by atoms with Crippen molar-refractivity contribution in [2.45, 2.75) is 24.9 Å². The predicted octanol–water partition coefficient (Wildman–Crippen LogP) is -0.943. The molecule has 0 unspecified atom stereocenters. The molecule has 1 aliphatic rings. The number of H-pyrrole nitrogens is 1. The van der Waals surface area contributed by atoms with Crippen LogP contribution in [0.1, 0.15) is 12.6 Å². The summed E-state index contributed by atoms with van der Waals surface area (Å²) in [4.78, 5) is 42.2. The highest BCUT2D eigenvalue weighted by molar-refractivity contribution is 9.10. The Bertz CT molecular complexity index is 681. The Morgan fingerprint density at radius 3 is 2.81 bits per heavy atom. The Morgan fingerprint density at radius 1 is 1.52 bits per heavy atom. The van der Waals surface area contributed by atoms with Gasteiger partial charge in [0.2, 0.25) is 0 Å². The summed E-state index contributed by atoms with van der Waals surface area (Å²) in [6.45, 7) is -0.527. The fraction of sp³-hybridized carbons (Fsp3) is 0.556. The highest BCUT2D eigenvalue weighted by atomic mass is 79.9. The second-order valence-electron chi connectivity index (χ2n) is 4.36. The number of aromatic nitrogens is 2. The highest BCUT2D eigenvalue weighted by Gasteiger charge is 2.37. The van der Waals surface area contributed by atoms with Gasteiger partial charge in [-0.1, -0.05) is 0 Å². The molecular weight excluding hydrogens is 375 g/mol. The van der Waals surface area contributed by atoms with Crippen molar-refractivity contribution in [2.24, 2.45) is 0 Å². The van der Waals surface area contributed by atoms with E-state index in [9.17, 15) is 19.3 Å². The Hall–Kier alpha value is -0.810. The molecule has 0 aliphatic carbocycles. The number of aromatic amines is 1. The normalized spacial score (nSPS) is 26.2. The van der Waals surface area contributed by atoms with E-state index < -0.39 is 44.1 Å². The number of rotatable bonds is 4. The Balaban J connectivity index is 2.14. The van der Waals surface area contributed by atoms with Crippen molar-refractivity contribution in [1.82, 2.24) is 9.55 Å². The van der Waals surface area contributed by atoms with E-state index in [4.69, 9.17) is 14.5 Å². The van der Waals surface area contributed by atoms with E-state index in [0.717, 1.165) is 4.57 Å². The van der Waals surface area contributed by atoms with Crippen molar-refractivity contribution in [3.05, 3.63) is 31.5 Å². The summed E-state index contributed by atoms with van der Waals surface area (Å²) < 4.78 is 21.4. The second-order valence-corrected chi connectivity index (χ2v) is 6.46. The van der Waals surface area contributed by atoms with E-state index in [-0.39, 0.29) is 10.9 Å². The van der Waals surface area contributed by atoms with Crippen molar-refractivity contribution < 1.29 is 28.7 Å². The fourth-order valence-electron chi connectivity index (χ4n) is 1.88. The van der Waals surface area contributed by atoms with E-state index in [1.54, 1.807) is 0 Å². The lowest BCUT2D eigenvalue weighted by atomic mass is 10.2. The minimum absolute atomic E-state index is 0.00752. The van der Waals surface area contributed by atoms with Gasteiger partial charge in [0.15, 0.2) is 0 Å². The molecule has 118 valence electrons. The third-order valence-electron chi connectivity index (χ3n) is 2.85. The van der Waals surface area contributed by atoms with Crippen LogP contribution in [0.3, 0.4) is 0 Å². The first kappa shape index (κ1) is 16.6. The highest BCUT2D eigenvalue weighted by Crippen LogP contribution is 2.38. The average Bonchev–Trinajstić information content (AvgIpc) is 2.72. The summed E-state index contributed by atoms with van der Waals surface area (Å²) in [5.74, 6) is 0. The molecule has 0 bridgehead atoms. The molecule has 1 aromatic rings. The maximum absolute atomic E-state index is 11.7. The molecule has 3 atom stereocenters. The number of hydrogen-bond donors (Lipinski definition) is 4. The van der Waals surface area contributed by atoms with E-state index in [1.807, 2.05) is 0 Å². The average molecular weight is 387 g/mol. The molecule has 4 N–H and O–H groups in total. The molecule has 10 nitrogen and oxygen atoms in total. The molecule has 1 saturated heterocycles. The van der Waals surface area contributed by atoms with Gasteiger partial charge in [0.1, 0.15) is 12.3 Å². The molecule has 1 aromatic heterocycles. The fourth-order valence-corrected chi connectivity index (χ4v) is 2.54. The molecule has 1 fully saturated rings. The quantitative estimate of drug-likeness (QED) is 0.483. The molecule has 1 aliphatic heterocycles. The lowest BCUT2D eigenvalue weighted by Crippen LogP contribution is -2.32. The molecule has 0 radical (unpaired) electrons. The SMILES string of the molecule is O=c1[nH]c(=O)n([C@@H]2C[C@H](O)[C@@H](COP(=O)(O)O)O2)cc1Br. The number of nitrogens with zero attached hydrogens (tertiary/aromatic N) is 1. The standard InChI is InChI=1S/C9H12BrN2O8P/c10-4-2-12(9(15)11-8(4)14)7-1-5(13)6(20-7)3-19-21(16,17)18/h2,5-7,13H,1,3H2,(H,11,14,15)(H2,16,17,18)/t5-,6+,7-/m0/s1. The van der Waals surface area contributed by atoms with E-state index >= 15 is 0 Å². The van der Waals surface area contributed by atoms with Crippen LogP contribution in [0.25, 0.3) is 0 Å². The molecule has 0 spiro atoms. The third kappa shape index (κ3) is 4.10. The van der Waals surface area contributed by atoms with E-state index in [2.05, 4.69) is 25.4 Å². The second kappa shape index (κ2) is 6.13. The van der Waals surface area contributed by atoms with Gasteiger partial charge in [0, 0.05) is 12.6 Å². The maximum atomic E-state index is 11.7. The van der Waals surface area contributed by atoms with Crippen LogP contribution in [-0.2, 0) is 13.8 Å². The Kier molecular flexibility index (Phi) is 4.83. The zero-order valence-electron chi connectivity index (χ0n) is 10.4. The minimum atomic E-state index is -4.67. The molecular formula is C9H12BrN2O8P. The summed E-state index contributed by atoms with van der Waals surface area (Å²) in [6.07, 6.45) is -1.73. The van der Waals surface area contributed by atoms with Gasteiger partial charge in [-0.05, 0) is 15.9 Å². The number of phosphoric acid groups is 1. The van der Waals surface area contributed by atoms with Crippen molar-refractivity contribution >= 4 is 23.8 Å². The predicted molar refractivity (Wildman–Crippen MR) is 71.6 cm³/mol. The topological polar surface area (TPSA) is 151 Å². The van der Waals surface area contributed by atoms with Gasteiger partial charge in [-0.3, -0.25) is 18.9 Å². The maximum Gasteiger partial charge on any atom is 0.469 e. The zero-order valence-corrected chi connectivity index (χ0v) is 12.9. The lowest BCUT2D eigenvalue weighted by molar-refractivity contribution is -0.0451. The van der Waals surface area contributed by atoms with Gasteiger partial charge in [0.25, 0.3) is 5.56 Å². The first-order chi connectivity index (χ1) is 9.67. The number of halogens is 1. The van der Waals surface area contributed by atoms with Crippen molar-refractivity contribution in [3.8, 4) is 0 Å². The molecule has 0 amide bonds. The van der Waals surface area contributed by atoms with Gasteiger partial charge >= 0.3 is 13.5 Å². The van der Waals surface area contributed by atoms with E-state index in [1.165, 1.54) is 6.20 Å². The van der Waals surface area contributed by atoms with Crippen LogP contribution in [-0.4, -0.2) is 43.3 Å². The van der Waals surface area contributed by atoms with Crippen molar-refractivity contribution in [3.63, 3.8) is 0 Å². The number of hydrogen-bond acceptors (Lipinski definition) is 6. The Morgan fingerprint density at radius 2 is 2.19 bits per heavy atom. The van der Waals surface area contributed by atoms with Crippen LogP contribution < -0.4 is 11.2 Å². The third-order valence-corrected chi connectivity index (χ3v) is 3.90. The zero-order chi connectivity index (χ0) is 15.8. The van der Waals surface area contributed by atoms with E-state index in [0.29, 0.717) is 0 Å². The summed E-state index contributed by atoms with van der Waals surface area (Å²) in [7, 11) is -4.67. The van der Waals surface area contributed by atoms with Gasteiger partial charge in [-0.2, -0.15) is 0 Å². The van der Waals surface area contributed by atoms with Gasteiger partial charge in [-0.15, -0.1) is 0 Å². The minimum Gasteiger partial charge on any atom is -0.390 e. The summed E-state index contributed by atoms with van der Waals surface area (Å²) in [5.41, 5.74) is -1.33. The summed E-state index contributed by atoms with van der Waals surface area (Å²) in [5, 5.41) is 9.78. The monoisotopic (exact) mass is 386 g/mol. The van der Waals surface area contributed by atoms with Crippen LogP contribution in [0, 0.1) is 0 Å². The Labute approximate surface area is 125 Å². The number of nitrogens with one attached hydrogen (secondary N) is 1. The van der Waals surface area contributed by atoms with Crippen LogP contribution in [0.4, 0.5) is 0 Å². The first-order valence-electron chi connectivity index (χ1n) is 5.72. The summed E-state index contributed by atoms with van der Waals surface area (Å²) >= 11 is 2.97. The molecule has 2 heterocycles. The molecule has 12 heteroatoms. The number of aliphatic hydroxyl groups excluding tert-OH is 1. The number of phosphoric ester groups is 1. The molecule has 0 saturated carbocycles. The van der Waals surface area contributed by atoms with Crippen LogP contribution in [0.15, 0.2) is 20.3 Å². The van der Waals surface area contributed by atoms with Crippen molar-refractivity contribution in [1.29, 1.82) is 0 Å². The van der Waals surface area contributed by atoms with Gasteiger partial charge in [0.05, 0.1) is 17.2 Å². The number of ether oxygens (including phenoxy) is 1. The summed E-state index contributed by atoms with van der Waals surface area (Å²) in [6, 6.07) is 0. The molecule has 21 heavy (non-hydrogen) atoms. The smallest absolute Gasteiger partial charge is 0.390 e. The largest absolute Gasteiger partial charge is 0.469 e. The molecule has 2 rings (SSSR count). The van der Waals surface area contributed by atoms with Crippen molar-refractivity contribution in [2.75, 3.05) is 6.61 Å². The molecule has 0 aromatic carbocycles.